The Bertz CT molecular complexity index is 1240. The Labute approximate surface area is 186 Å². The molecule has 2 aromatic carbocycles. The van der Waals surface area contributed by atoms with E-state index < -0.39 is 21.6 Å². The molecule has 0 bridgehead atoms. The highest BCUT2D eigenvalue weighted by molar-refractivity contribution is 7.93. The average molecular weight is 455 g/mol. The summed E-state index contributed by atoms with van der Waals surface area (Å²) < 4.78 is 42.4. The summed E-state index contributed by atoms with van der Waals surface area (Å²) in [4.78, 5) is 15.7. The summed E-state index contributed by atoms with van der Waals surface area (Å²) in [5.41, 5.74) is 1.88. The SMILES string of the molecule is N#CN1CCC(F)(C(=O)N2CCc3cc(-c4cccc(NS(=O)(=O)C5CC5)c4)ccc32)C1. The average Bonchev–Trinajstić information content (AvgIpc) is 3.46. The molecule has 166 valence electrons. The van der Waals surface area contributed by atoms with Crippen LogP contribution in [0, 0.1) is 11.5 Å². The van der Waals surface area contributed by atoms with Gasteiger partial charge in [0.25, 0.3) is 5.91 Å². The second-order valence-electron chi connectivity index (χ2n) is 8.71. The molecule has 7 nitrogen and oxygen atoms in total. The molecule has 1 N–H and O–H groups in total. The van der Waals surface area contributed by atoms with Crippen LogP contribution in [-0.4, -0.2) is 49.8 Å². The molecule has 1 amide bonds. The Morgan fingerprint density at radius 3 is 2.66 bits per heavy atom. The van der Waals surface area contributed by atoms with Crippen LogP contribution in [0.15, 0.2) is 42.5 Å². The van der Waals surface area contributed by atoms with E-state index >= 15 is 4.39 Å². The molecule has 1 unspecified atom stereocenters. The monoisotopic (exact) mass is 454 g/mol. The standard InChI is InChI=1S/C23H23FN4O3S/c24-23(9-11-27(14-23)15-25)22(29)28-10-8-18-12-17(4-7-21(18)28)16-2-1-3-19(13-16)26-32(30,31)20-5-6-20/h1-4,7,12-13,20,26H,5-6,8-11,14H2. The van der Waals surface area contributed by atoms with Crippen LogP contribution in [0.2, 0.25) is 0 Å². The Morgan fingerprint density at radius 2 is 1.94 bits per heavy atom. The summed E-state index contributed by atoms with van der Waals surface area (Å²) in [6, 6.07) is 12.9. The number of likely N-dealkylation sites (tertiary alicyclic amines) is 1. The summed E-state index contributed by atoms with van der Waals surface area (Å²) in [6.45, 7) is 0.450. The lowest BCUT2D eigenvalue weighted by Gasteiger charge is -2.25. The van der Waals surface area contributed by atoms with Gasteiger partial charge in [0, 0.05) is 30.9 Å². The smallest absolute Gasteiger partial charge is 0.266 e. The molecule has 32 heavy (non-hydrogen) atoms. The van der Waals surface area contributed by atoms with Crippen LogP contribution in [0.4, 0.5) is 15.8 Å². The minimum absolute atomic E-state index is 0.0207. The number of sulfonamides is 1. The molecule has 3 aliphatic rings. The summed E-state index contributed by atoms with van der Waals surface area (Å²) in [5, 5.41) is 8.70. The minimum atomic E-state index is -3.34. The van der Waals surface area contributed by atoms with Crippen molar-refractivity contribution in [3.8, 4) is 17.3 Å². The van der Waals surface area contributed by atoms with Crippen LogP contribution in [0.25, 0.3) is 11.1 Å². The molecule has 5 rings (SSSR count). The van der Waals surface area contributed by atoms with Crippen LogP contribution in [-0.2, 0) is 21.2 Å². The van der Waals surface area contributed by atoms with Gasteiger partial charge in [-0.05, 0) is 60.2 Å². The van der Waals surface area contributed by atoms with Crippen LogP contribution in [0.3, 0.4) is 0 Å². The Kier molecular flexibility index (Phi) is 4.86. The lowest BCUT2D eigenvalue weighted by molar-refractivity contribution is -0.129. The molecule has 0 aromatic heterocycles. The van der Waals surface area contributed by atoms with Gasteiger partial charge in [-0.15, -0.1) is 0 Å². The molecule has 1 atom stereocenters. The topological polar surface area (TPSA) is 93.5 Å². The quantitative estimate of drug-likeness (QED) is 0.701. The van der Waals surface area contributed by atoms with E-state index in [9.17, 15) is 13.2 Å². The van der Waals surface area contributed by atoms with Crippen molar-refractivity contribution >= 4 is 27.3 Å². The molecule has 2 aliphatic heterocycles. The third-order valence-electron chi connectivity index (χ3n) is 6.38. The first kappa shape index (κ1) is 20.8. The zero-order chi connectivity index (χ0) is 22.5. The third kappa shape index (κ3) is 3.69. The van der Waals surface area contributed by atoms with E-state index in [1.54, 1.807) is 18.2 Å². The van der Waals surface area contributed by atoms with Gasteiger partial charge in [-0.3, -0.25) is 9.52 Å². The number of rotatable bonds is 5. The molecule has 0 spiro atoms. The van der Waals surface area contributed by atoms with Crippen molar-refractivity contribution < 1.29 is 17.6 Å². The maximum Gasteiger partial charge on any atom is 0.266 e. The van der Waals surface area contributed by atoms with Gasteiger partial charge in [0.1, 0.15) is 0 Å². The number of halogens is 1. The lowest BCUT2D eigenvalue weighted by atomic mass is 10.0. The molecule has 2 aromatic rings. The van der Waals surface area contributed by atoms with Crippen LogP contribution in [0.5, 0.6) is 0 Å². The van der Waals surface area contributed by atoms with Crippen LogP contribution < -0.4 is 9.62 Å². The number of nitrogens with one attached hydrogen (secondary N) is 1. The predicted octanol–water partition coefficient (Wildman–Crippen LogP) is 3.04. The molecule has 9 heteroatoms. The number of carbonyl (C=O) groups is 1. The number of nitrogens with zero attached hydrogens (tertiary/aromatic N) is 3. The largest absolute Gasteiger partial charge is 0.309 e. The van der Waals surface area contributed by atoms with E-state index in [2.05, 4.69) is 4.72 Å². The van der Waals surface area contributed by atoms with E-state index in [1.165, 1.54) is 9.80 Å². The van der Waals surface area contributed by atoms with Gasteiger partial charge in [-0.1, -0.05) is 18.2 Å². The number of fused-ring (bicyclic) bond motifs is 1. The molecule has 2 heterocycles. The van der Waals surface area contributed by atoms with Crippen LogP contribution >= 0.6 is 0 Å². The summed E-state index contributed by atoms with van der Waals surface area (Å²) in [5.74, 6) is -0.585. The maximum absolute atomic E-state index is 15.2. The van der Waals surface area contributed by atoms with E-state index in [0.717, 1.165) is 16.7 Å². The number of nitriles is 1. The third-order valence-corrected chi connectivity index (χ3v) is 8.25. The zero-order valence-corrected chi connectivity index (χ0v) is 18.2. The number of hydrogen-bond acceptors (Lipinski definition) is 5. The minimum Gasteiger partial charge on any atom is -0.309 e. The van der Waals surface area contributed by atoms with Crippen LogP contribution in [0.1, 0.15) is 24.8 Å². The van der Waals surface area contributed by atoms with Gasteiger partial charge in [-0.2, -0.15) is 5.26 Å². The fraction of sp³-hybridized carbons (Fsp3) is 0.391. The van der Waals surface area contributed by atoms with Gasteiger partial charge in [0.2, 0.25) is 15.7 Å². The van der Waals surface area contributed by atoms with Gasteiger partial charge in [-0.25, -0.2) is 12.8 Å². The second-order valence-corrected chi connectivity index (χ2v) is 10.7. The first-order valence-corrected chi connectivity index (χ1v) is 12.2. The predicted molar refractivity (Wildman–Crippen MR) is 119 cm³/mol. The van der Waals surface area contributed by atoms with Gasteiger partial charge in [0.15, 0.2) is 6.19 Å². The van der Waals surface area contributed by atoms with Crippen molar-refractivity contribution in [1.82, 2.24) is 4.90 Å². The second kappa shape index (κ2) is 7.48. The molecular formula is C23H23FN4O3S. The molecule has 1 saturated heterocycles. The highest BCUT2D eigenvalue weighted by Crippen LogP contribution is 2.37. The summed E-state index contributed by atoms with van der Waals surface area (Å²) in [7, 11) is -3.34. The number of carbonyl (C=O) groups excluding carboxylic acids is 1. The zero-order valence-electron chi connectivity index (χ0n) is 17.4. The Morgan fingerprint density at radius 1 is 1.16 bits per heavy atom. The fourth-order valence-electron chi connectivity index (χ4n) is 4.46. The van der Waals surface area contributed by atoms with E-state index in [4.69, 9.17) is 5.26 Å². The van der Waals surface area contributed by atoms with E-state index in [1.807, 2.05) is 30.5 Å². The molecule has 0 radical (unpaired) electrons. The van der Waals surface area contributed by atoms with Crippen molar-refractivity contribution in [3.63, 3.8) is 0 Å². The number of amides is 1. The Hall–Kier alpha value is -3.12. The van der Waals surface area contributed by atoms with Gasteiger partial charge in [0.05, 0.1) is 11.8 Å². The van der Waals surface area contributed by atoms with E-state index in [0.29, 0.717) is 37.2 Å². The van der Waals surface area contributed by atoms with Crippen molar-refractivity contribution in [1.29, 1.82) is 5.26 Å². The number of hydrogen-bond donors (Lipinski definition) is 1. The maximum atomic E-state index is 15.2. The highest BCUT2D eigenvalue weighted by atomic mass is 32.2. The molecular weight excluding hydrogens is 431 g/mol. The normalized spacial score (nSPS) is 22.5. The summed E-state index contributed by atoms with van der Waals surface area (Å²) >= 11 is 0. The van der Waals surface area contributed by atoms with Gasteiger partial charge < -0.3 is 9.80 Å². The number of alkyl halides is 1. The molecule has 1 aliphatic carbocycles. The first-order chi connectivity index (χ1) is 15.3. The molecule has 1 saturated carbocycles. The van der Waals surface area contributed by atoms with Crippen molar-refractivity contribution in [2.45, 2.75) is 36.6 Å². The van der Waals surface area contributed by atoms with Crippen molar-refractivity contribution in [3.05, 3.63) is 48.0 Å². The summed E-state index contributed by atoms with van der Waals surface area (Å²) in [6.07, 6.45) is 3.95. The first-order valence-electron chi connectivity index (χ1n) is 10.7. The van der Waals surface area contributed by atoms with Gasteiger partial charge >= 0.3 is 0 Å². The van der Waals surface area contributed by atoms with E-state index in [-0.39, 0.29) is 24.8 Å². The molecule has 2 fully saturated rings. The number of benzene rings is 2. The lowest BCUT2D eigenvalue weighted by Crippen LogP contribution is -2.47. The fourth-order valence-corrected chi connectivity index (χ4v) is 5.83. The highest BCUT2D eigenvalue weighted by Gasteiger charge is 2.48. The Balaban J connectivity index is 1.37. The van der Waals surface area contributed by atoms with Crippen molar-refractivity contribution in [2.75, 3.05) is 29.3 Å². The number of anilines is 2. The van der Waals surface area contributed by atoms with Crippen molar-refractivity contribution in [2.24, 2.45) is 0 Å².